The van der Waals surface area contributed by atoms with Crippen LogP contribution in [-0.2, 0) is 35.1 Å². The van der Waals surface area contributed by atoms with E-state index in [0.29, 0.717) is 32.0 Å². The summed E-state index contributed by atoms with van der Waals surface area (Å²) in [5.41, 5.74) is 6.62. The monoisotopic (exact) mass is 478 g/mol. The quantitative estimate of drug-likeness (QED) is 0.452. The number of carbonyl (C=O) groups is 3. The van der Waals surface area contributed by atoms with Crippen LogP contribution in [0.2, 0.25) is 0 Å². The van der Waals surface area contributed by atoms with Crippen LogP contribution in [0.15, 0.2) is 30.3 Å². The molecule has 0 spiro atoms. The van der Waals surface area contributed by atoms with Crippen molar-refractivity contribution >= 4 is 18.0 Å². The molecule has 1 saturated carbocycles. The minimum atomic E-state index is -0.697. The van der Waals surface area contributed by atoms with Crippen LogP contribution < -0.4 is 11.1 Å². The summed E-state index contributed by atoms with van der Waals surface area (Å²) < 4.78 is 19.8. The number of rotatable bonds is 7. The molecule has 1 heterocycles. The number of methoxy groups -OCH3 is 2. The standard InChI is InChI=1S/C16H21NO5.C9H17NO2/c1-20-15(18)14(13-7-9-21-10-8-13)17-16(19)22-11-12-5-3-2-4-6-12;1-12-9(11)8(10)7-5-3-2-4-6-7/h2-6,13-14H,7-11H2,1H3,(H,17,19);7-8H,2-6,10H2,1H3/t14-;/m0./s1. The maximum Gasteiger partial charge on any atom is 0.408 e. The minimum absolute atomic E-state index is 0.00507. The zero-order chi connectivity index (χ0) is 24.8. The smallest absolute Gasteiger partial charge is 0.408 e. The molecule has 0 bridgehead atoms. The summed E-state index contributed by atoms with van der Waals surface area (Å²) >= 11 is 0. The van der Waals surface area contributed by atoms with Gasteiger partial charge in [0.05, 0.1) is 14.2 Å². The molecule has 34 heavy (non-hydrogen) atoms. The number of ether oxygens (including phenoxy) is 4. The van der Waals surface area contributed by atoms with Gasteiger partial charge in [0.25, 0.3) is 0 Å². The number of hydrogen-bond donors (Lipinski definition) is 2. The van der Waals surface area contributed by atoms with Crippen molar-refractivity contribution in [3.63, 3.8) is 0 Å². The fourth-order valence-corrected chi connectivity index (χ4v) is 4.26. The van der Waals surface area contributed by atoms with E-state index < -0.39 is 24.1 Å². The SMILES string of the molecule is COC(=O)C(N)C1CCCCC1.COC(=O)[C@@H](NC(=O)OCc1ccccc1)C1CCOCC1. The van der Waals surface area contributed by atoms with Crippen LogP contribution in [0.4, 0.5) is 4.79 Å². The van der Waals surface area contributed by atoms with Crippen LogP contribution in [0.3, 0.4) is 0 Å². The summed E-state index contributed by atoms with van der Waals surface area (Å²) in [7, 11) is 2.71. The van der Waals surface area contributed by atoms with Crippen LogP contribution in [0.5, 0.6) is 0 Å². The van der Waals surface area contributed by atoms with Gasteiger partial charge in [0.1, 0.15) is 18.7 Å². The van der Waals surface area contributed by atoms with Gasteiger partial charge < -0.3 is 30.0 Å². The van der Waals surface area contributed by atoms with E-state index in [2.05, 4.69) is 10.1 Å². The summed E-state index contributed by atoms with van der Waals surface area (Å²) in [5.74, 6) is -0.359. The Morgan fingerprint density at radius 3 is 2.15 bits per heavy atom. The highest BCUT2D eigenvalue weighted by molar-refractivity contribution is 5.81. The molecule has 2 aliphatic rings. The van der Waals surface area contributed by atoms with Crippen molar-refractivity contribution in [2.75, 3.05) is 27.4 Å². The van der Waals surface area contributed by atoms with Crippen molar-refractivity contribution < 1.29 is 33.3 Å². The first-order valence-corrected chi connectivity index (χ1v) is 11.9. The van der Waals surface area contributed by atoms with Crippen molar-refractivity contribution in [2.24, 2.45) is 17.6 Å². The van der Waals surface area contributed by atoms with E-state index in [9.17, 15) is 14.4 Å². The molecule has 190 valence electrons. The first-order chi connectivity index (χ1) is 16.5. The van der Waals surface area contributed by atoms with Crippen molar-refractivity contribution in [2.45, 2.75) is 63.6 Å². The Morgan fingerprint density at radius 2 is 1.56 bits per heavy atom. The third-order valence-electron chi connectivity index (χ3n) is 6.31. The Hall–Kier alpha value is -2.65. The van der Waals surface area contributed by atoms with E-state index >= 15 is 0 Å². The Bertz CT molecular complexity index is 747. The van der Waals surface area contributed by atoms with E-state index in [1.807, 2.05) is 30.3 Å². The molecule has 1 aliphatic heterocycles. The summed E-state index contributed by atoms with van der Waals surface area (Å²) in [4.78, 5) is 34.9. The molecular weight excluding hydrogens is 440 g/mol. The molecule has 9 nitrogen and oxygen atoms in total. The van der Waals surface area contributed by atoms with E-state index in [1.54, 1.807) is 0 Å². The molecule has 3 N–H and O–H groups in total. The fraction of sp³-hybridized carbons (Fsp3) is 0.640. The van der Waals surface area contributed by atoms with Crippen LogP contribution >= 0.6 is 0 Å². The van der Waals surface area contributed by atoms with E-state index in [0.717, 1.165) is 18.4 Å². The highest BCUT2D eigenvalue weighted by Crippen LogP contribution is 2.26. The van der Waals surface area contributed by atoms with Crippen molar-refractivity contribution in [3.8, 4) is 0 Å². The molecule has 9 heteroatoms. The maximum absolute atomic E-state index is 11.9. The normalized spacial score (nSPS) is 18.4. The molecule has 1 amide bonds. The molecule has 3 rings (SSSR count). The number of nitrogens with two attached hydrogens (primary N) is 1. The molecule has 2 fully saturated rings. The molecule has 0 radical (unpaired) electrons. The van der Waals surface area contributed by atoms with Crippen molar-refractivity contribution in [3.05, 3.63) is 35.9 Å². The van der Waals surface area contributed by atoms with Gasteiger partial charge in [-0.15, -0.1) is 0 Å². The summed E-state index contributed by atoms with van der Waals surface area (Å²) in [6, 6.07) is 8.27. The van der Waals surface area contributed by atoms with Crippen LogP contribution in [0, 0.1) is 11.8 Å². The van der Waals surface area contributed by atoms with Gasteiger partial charge in [-0.3, -0.25) is 4.79 Å². The third-order valence-corrected chi connectivity index (χ3v) is 6.31. The van der Waals surface area contributed by atoms with Gasteiger partial charge in [-0.1, -0.05) is 49.6 Å². The van der Waals surface area contributed by atoms with E-state index in [4.69, 9.17) is 19.9 Å². The Morgan fingerprint density at radius 1 is 0.941 bits per heavy atom. The largest absolute Gasteiger partial charge is 0.468 e. The lowest BCUT2D eigenvalue weighted by molar-refractivity contribution is -0.145. The van der Waals surface area contributed by atoms with Gasteiger partial charge in [-0.05, 0) is 43.1 Å². The van der Waals surface area contributed by atoms with Crippen molar-refractivity contribution in [1.29, 1.82) is 0 Å². The molecule has 0 aromatic heterocycles. The van der Waals surface area contributed by atoms with Crippen LogP contribution in [0.1, 0.15) is 50.5 Å². The van der Waals surface area contributed by atoms with Gasteiger partial charge >= 0.3 is 18.0 Å². The van der Waals surface area contributed by atoms with E-state index in [-0.39, 0.29) is 18.5 Å². The first-order valence-electron chi connectivity index (χ1n) is 11.9. The summed E-state index contributed by atoms with van der Waals surface area (Å²) in [6.45, 7) is 1.33. The molecule has 1 aromatic rings. The summed E-state index contributed by atoms with van der Waals surface area (Å²) in [6.07, 6.45) is 6.64. The second kappa shape index (κ2) is 15.3. The van der Waals surface area contributed by atoms with Gasteiger partial charge in [-0.2, -0.15) is 0 Å². The molecular formula is C25H38N2O7. The fourth-order valence-electron chi connectivity index (χ4n) is 4.26. The number of amides is 1. The Kier molecular flexibility index (Phi) is 12.4. The number of benzene rings is 1. The predicted molar refractivity (Wildman–Crippen MR) is 126 cm³/mol. The second-order valence-electron chi connectivity index (χ2n) is 8.60. The Balaban J connectivity index is 0.000000287. The zero-order valence-corrected chi connectivity index (χ0v) is 20.2. The molecule has 1 aliphatic carbocycles. The topological polar surface area (TPSA) is 126 Å². The molecule has 1 unspecified atom stereocenters. The third kappa shape index (κ3) is 9.30. The zero-order valence-electron chi connectivity index (χ0n) is 20.2. The average molecular weight is 479 g/mol. The van der Waals surface area contributed by atoms with E-state index in [1.165, 1.54) is 33.5 Å². The molecule has 2 atom stereocenters. The Labute approximate surface area is 201 Å². The molecule has 1 aromatic carbocycles. The predicted octanol–water partition coefficient (Wildman–Crippen LogP) is 2.95. The second-order valence-corrected chi connectivity index (χ2v) is 8.60. The maximum atomic E-state index is 11.9. The number of nitrogens with one attached hydrogen (secondary N) is 1. The summed E-state index contributed by atoms with van der Waals surface area (Å²) in [5, 5.41) is 2.62. The van der Waals surface area contributed by atoms with Crippen molar-refractivity contribution in [1.82, 2.24) is 5.32 Å². The van der Waals surface area contributed by atoms with Gasteiger partial charge in [0.15, 0.2) is 0 Å². The van der Waals surface area contributed by atoms with Crippen LogP contribution in [-0.4, -0.2) is 57.5 Å². The highest BCUT2D eigenvalue weighted by Gasteiger charge is 2.32. The number of hydrogen-bond acceptors (Lipinski definition) is 8. The average Bonchev–Trinajstić information content (AvgIpc) is 2.91. The van der Waals surface area contributed by atoms with Crippen LogP contribution in [0.25, 0.3) is 0 Å². The van der Waals surface area contributed by atoms with Gasteiger partial charge in [-0.25, -0.2) is 9.59 Å². The number of carbonyl (C=O) groups excluding carboxylic acids is 3. The number of alkyl carbamates (subject to hydrolysis) is 1. The minimum Gasteiger partial charge on any atom is -0.468 e. The molecule has 1 saturated heterocycles. The number of esters is 2. The lowest BCUT2D eigenvalue weighted by Crippen LogP contribution is -2.48. The first kappa shape index (κ1) is 27.6. The van der Waals surface area contributed by atoms with Gasteiger partial charge in [0, 0.05) is 13.2 Å². The van der Waals surface area contributed by atoms with Gasteiger partial charge in [0.2, 0.25) is 0 Å². The lowest BCUT2D eigenvalue weighted by Gasteiger charge is -2.28. The highest BCUT2D eigenvalue weighted by atomic mass is 16.6. The lowest BCUT2D eigenvalue weighted by atomic mass is 9.84.